The lowest BCUT2D eigenvalue weighted by Gasteiger charge is -2.37. The molecule has 1 rings (SSSR count). The Morgan fingerprint density at radius 1 is 1.00 bits per heavy atom. The number of piperidine rings is 1. The first-order chi connectivity index (χ1) is 8.00. The molecule has 0 saturated carbocycles. The molecule has 2 nitrogen and oxygen atoms in total. The first-order valence-corrected chi connectivity index (χ1v) is 7.45. The van der Waals surface area contributed by atoms with E-state index in [1.54, 1.807) is 0 Å². The molecule has 2 heteroatoms. The molecular formula is C15H32N2. The van der Waals surface area contributed by atoms with Crippen LogP contribution >= 0.6 is 0 Å². The Hall–Kier alpha value is -0.0800. The van der Waals surface area contributed by atoms with E-state index in [0.29, 0.717) is 6.04 Å². The van der Waals surface area contributed by atoms with Gasteiger partial charge in [0, 0.05) is 12.6 Å². The summed E-state index contributed by atoms with van der Waals surface area (Å²) in [4.78, 5) is 2.66. The van der Waals surface area contributed by atoms with E-state index in [1.807, 2.05) is 0 Å². The summed E-state index contributed by atoms with van der Waals surface area (Å²) >= 11 is 0. The number of likely N-dealkylation sites (tertiary alicyclic amines) is 1. The van der Waals surface area contributed by atoms with Crippen molar-refractivity contribution in [2.45, 2.75) is 53.5 Å². The Labute approximate surface area is 108 Å². The van der Waals surface area contributed by atoms with Crippen LogP contribution in [0.4, 0.5) is 0 Å². The molecule has 1 fully saturated rings. The highest BCUT2D eigenvalue weighted by atomic mass is 15.2. The Kier molecular flexibility index (Phi) is 6.50. The summed E-state index contributed by atoms with van der Waals surface area (Å²) in [5, 5.41) is 3.57. The van der Waals surface area contributed by atoms with Crippen LogP contribution in [0.15, 0.2) is 0 Å². The molecule has 0 bridgehead atoms. The van der Waals surface area contributed by atoms with Gasteiger partial charge in [0.25, 0.3) is 0 Å². The minimum atomic E-state index is 0.696. The van der Waals surface area contributed by atoms with E-state index in [9.17, 15) is 0 Å². The van der Waals surface area contributed by atoms with Crippen LogP contribution in [-0.2, 0) is 0 Å². The van der Waals surface area contributed by atoms with E-state index in [-0.39, 0.29) is 0 Å². The zero-order chi connectivity index (χ0) is 12.8. The zero-order valence-electron chi connectivity index (χ0n) is 12.5. The Balaban J connectivity index is 2.19. The molecular weight excluding hydrogens is 208 g/mol. The predicted octanol–water partition coefficient (Wildman–Crippen LogP) is 2.99. The number of hydrogen-bond acceptors (Lipinski definition) is 2. The van der Waals surface area contributed by atoms with Crippen molar-refractivity contribution in [2.24, 2.45) is 17.8 Å². The second kappa shape index (κ2) is 7.38. The van der Waals surface area contributed by atoms with Crippen molar-refractivity contribution in [1.29, 1.82) is 0 Å². The van der Waals surface area contributed by atoms with Gasteiger partial charge in [-0.3, -0.25) is 4.90 Å². The standard InChI is InChI=1S/C15H32N2/c1-12(2)10-16-11-14(5)17-8-6-15(7-9-17)13(3)4/h12-16H,6-11H2,1-5H3. The summed E-state index contributed by atoms with van der Waals surface area (Å²) in [6.45, 7) is 16.5. The lowest BCUT2D eigenvalue weighted by molar-refractivity contribution is 0.120. The Morgan fingerprint density at radius 2 is 1.59 bits per heavy atom. The van der Waals surface area contributed by atoms with Crippen molar-refractivity contribution in [3.63, 3.8) is 0 Å². The molecule has 17 heavy (non-hydrogen) atoms. The minimum Gasteiger partial charge on any atom is -0.315 e. The molecule has 1 unspecified atom stereocenters. The molecule has 1 saturated heterocycles. The van der Waals surface area contributed by atoms with E-state index in [1.165, 1.54) is 25.9 Å². The highest BCUT2D eigenvalue weighted by molar-refractivity contribution is 4.78. The first-order valence-electron chi connectivity index (χ1n) is 7.45. The lowest BCUT2D eigenvalue weighted by Crippen LogP contribution is -2.45. The quantitative estimate of drug-likeness (QED) is 0.768. The topological polar surface area (TPSA) is 15.3 Å². The normalized spacial score (nSPS) is 21.4. The molecule has 1 N–H and O–H groups in total. The van der Waals surface area contributed by atoms with Gasteiger partial charge in [0.05, 0.1) is 0 Å². The molecule has 0 spiro atoms. The largest absolute Gasteiger partial charge is 0.315 e. The van der Waals surface area contributed by atoms with Gasteiger partial charge >= 0.3 is 0 Å². The van der Waals surface area contributed by atoms with Crippen molar-refractivity contribution < 1.29 is 0 Å². The molecule has 0 amide bonds. The van der Waals surface area contributed by atoms with Gasteiger partial charge < -0.3 is 5.32 Å². The summed E-state index contributed by atoms with van der Waals surface area (Å²) in [6.07, 6.45) is 2.79. The lowest BCUT2D eigenvalue weighted by atomic mass is 9.86. The van der Waals surface area contributed by atoms with E-state index in [2.05, 4.69) is 44.8 Å². The van der Waals surface area contributed by atoms with Gasteiger partial charge in [-0.05, 0) is 57.2 Å². The molecule has 0 aromatic heterocycles. The molecule has 1 aliphatic heterocycles. The van der Waals surface area contributed by atoms with Gasteiger partial charge in [-0.1, -0.05) is 27.7 Å². The van der Waals surface area contributed by atoms with Crippen molar-refractivity contribution >= 4 is 0 Å². The predicted molar refractivity (Wildman–Crippen MR) is 76.3 cm³/mol. The molecule has 102 valence electrons. The summed E-state index contributed by atoms with van der Waals surface area (Å²) in [5.41, 5.74) is 0. The Morgan fingerprint density at radius 3 is 2.06 bits per heavy atom. The smallest absolute Gasteiger partial charge is 0.0192 e. The van der Waals surface area contributed by atoms with E-state index in [4.69, 9.17) is 0 Å². The van der Waals surface area contributed by atoms with Crippen LogP contribution in [0.3, 0.4) is 0 Å². The highest BCUT2D eigenvalue weighted by Crippen LogP contribution is 2.25. The van der Waals surface area contributed by atoms with Crippen LogP contribution in [0, 0.1) is 17.8 Å². The van der Waals surface area contributed by atoms with E-state index in [0.717, 1.165) is 30.8 Å². The van der Waals surface area contributed by atoms with Gasteiger partial charge in [-0.25, -0.2) is 0 Å². The third-order valence-electron chi connectivity index (χ3n) is 4.13. The van der Waals surface area contributed by atoms with Crippen LogP contribution in [0.25, 0.3) is 0 Å². The second-order valence-corrected chi connectivity index (χ2v) is 6.52. The van der Waals surface area contributed by atoms with Crippen LogP contribution in [0.2, 0.25) is 0 Å². The van der Waals surface area contributed by atoms with Crippen LogP contribution in [0.1, 0.15) is 47.5 Å². The number of nitrogens with one attached hydrogen (secondary N) is 1. The molecule has 1 heterocycles. The molecule has 1 aliphatic rings. The summed E-state index contributed by atoms with van der Waals surface area (Å²) < 4.78 is 0. The van der Waals surface area contributed by atoms with Crippen molar-refractivity contribution in [3.05, 3.63) is 0 Å². The molecule has 0 radical (unpaired) electrons. The van der Waals surface area contributed by atoms with Crippen molar-refractivity contribution in [1.82, 2.24) is 10.2 Å². The molecule has 0 aromatic carbocycles. The number of hydrogen-bond donors (Lipinski definition) is 1. The minimum absolute atomic E-state index is 0.696. The zero-order valence-corrected chi connectivity index (χ0v) is 12.5. The van der Waals surface area contributed by atoms with Crippen LogP contribution < -0.4 is 5.32 Å². The maximum Gasteiger partial charge on any atom is 0.0192 e. The third kappa shape index (κ3) is 5.39. The third-order valence-corrected chi connectivity index (χ3v) is 4.13. The van der Waals surface area contributed by atoms with E-state index >= 15 is 0 Å². The maximum atomic E-state index is 3.57. The molecule has 0 aromatic rings. The summed E-state index contributed by atoms with van der Waals surface area (Å²) in [7, 11) is 0. The van der Waals surface area contributed by atoms with Crippen LogP contribution in [0.5, 0.6) is 0 Å². The first kappa shape index (κ1) is 15.0. The van der Waals surface area contributed by atoms with Crippen molar-refractivity contribution in [3.8, 4) is 0 Å². The van der Waals surface area contributed by atoms with Gasteiger partial charge in [0.15, 0.2) is 0 Å². The number of rotatable bonds is 6. The fraction of sp³-hybridized carbons (Fsp3) is 1.00. The summed E-state index contributed by atoms with van der Waals surface area (Å²) in [6, 6.07) is 0.696. The fourth-order valence-electron chi connectivity index (χ4n) is 2.74. The van der Waals surface area contributed by atoms with Crippen LogP contribution in [-0.4, -0.2) is 37.1 Å². The second-order valence-electron chi connectivity index (χ2n) is 6.52. The van der Waals surface area contributed by atoms with Gasteiger partial charge in [-0.2, -0.15) is 0 Å². The SMILES string of the molecule is CC(C)CNCC(C)N1CCC(C(C)C)CC1. The maximum absolute atomic E-state index is 3.57. The van der Waals surface area contributed by atoms with Gasteiger partial charge in [-0.15, -0.1) is 0 Å². The monoisotopic (exact) mass is 240 g/mol. The number of nitrogens with zero attached hydrogens (tertiary/aromatic N) is 1. The fourth-order valence-corrected chi connectivity index (χ4v) is 2.74. The van der Waals surface area contributed by atoms with Gasteiger partial charge in [0.2, 0.25) is 0 Å². The average Bonchev–Trinajstić information content (AvgIpc) is 2.28. The average molecular weight is 240 g/mol. The molecule has 1 atom stereocenters. The van der Waals surface area contributed by atoms with Gasteiger partial charge in [0.1, 0.15) is 0 Å². The highest BCUT2D eigenvalue weighted by Gasteiger charge is 2.23. The summed E-state index contributed by atoms with van der Waals surface area (Å²) in [5.74, 6) is 2.59. The van der Waals surface area contributed by atoms with E-state index < -0.39 is 0 Å². The Bertz CT molecular complexity index is 193. The van der Waals surface area contributed by atoms with Crippen molar-refractivity contribution in [2.75, 3.05) is 26.2 Å². The molecule has 0 aliphatic carbocycles.